The van der Waals surface area contributed by atoms with Gasteiger partial charge in [0.1, 0.15) is 5.69 Å². The minimum Gasteiger partial charge on any atom is -0.307 e. The molecule has 2 aromatic rings. The van der Waals surface area contributed by atoms with Crippen LogP contribution in [0.1, 0.15) is 12.5 Å². The maximum absolute atomic E-state index is 5.39. The second-order valence-corrected chi connectivity index (χ2v) is 3.45. The molecule has 2 rings (SSSR count). The third kappa shape index (κ3) is 2.01. The topological polar surface area (TPSA) is 63.8 Å². The number of hydrazine groups is 1. The zero-order valence-electron chi connectivity index (χ0n) is 9.14. The first kappa shape index (κ1) is 10.6. The number of nitrogen functional groups attached to an aromatic ring is 1. The van der Waals surface area contributed by atoms with E-state index >= 15 is 0 Å². The van der Waals surface area contributed by atoms with Gasteiger partial charge in [-0.1, -0.05) is 31.2 Å². The van der Waals surface area contributed by atoms with Crippen molar-refractivity contribution in [2.45, 2.75) is 13.3 Å². The predicted octanol–water partition coefficient (Wildman–Crippen LogP) is 1.99. The summed E-state index contributed by atoms with van der Waals surface area (Å²) in [6.07, 6.45) is 4.30. The van der Waals surface area contributed by atoms with Gasteiger partial charge in [0.25, 0.3) is 0 Å². The van der Waals surface area contributed by atoms with Crippen LogP contribution in [0.2, 0.25) is 0 Å². The lowest BCUT2D eigenvalue weighted by Gasteiger charge is -2.06. The van der Waals surface area contributed by atoms with Crippen LogP contribution in [0, 0.1) is 0 Å². The summed E-state index contributed by atoms with van der Waals surface area (Å²) in [7, 11) is 0. The summed E-state index contributed by atoms with van der Waals surface area (Å²) in [6.45, 7) is 2.13. The van der Waals surface area contributed by atoms with Gasteiger partial charge in [-0.15, -0.1) is 0 Å². The van der Waals surface area contributed by atoms with Gasteiger partial charge in [-0.05, 0) is 12.0 Å². The average Bonchev–Trinajstić information content (AvgIpc) is 2.39. The number of anilines is 1. The van der Waals surface area contributed by atoms with Gasteiger partial charge >= 0.3 is 0 Å². The molecular formula is C12H14N4. The van der Waals surface area contributed by atoms with Crippen molar-refractivity contribution in [2.24, 2.45) is 5.84 Å². The zero-order chi connectivity index (χ0) is 11.4. The number of hydrogen-bond acceptors (Lipinski definition) is 4. The molecule has 0 spiro atoms. The highest BCUT2D eigenvalue weighted by Gasteiger charge is 2.05. The van der Waals surface area contributed by atoms with Gasteiger partial charge in [-0.25, -0.2) is 10.8 Å². The van der Waals surface area contributed by atoms with E-state index in [-0.39, 0.29) is 0 Å². The summed E-state index contributed by atoms with van der Waals surface area (Å²) in [5.41, 5.74) is 5.63. The first-order valence-electron chi connectivity index (χ1n) is 5.22. The van der Waals surface area contributed by atoms with Gasteiger partial charge in [0.05, 0.1) is 0 Å². The highest BCUT2D eigenvalue weighted by atomic mass is 15.3. The first-order chi connectivity index (χ1) is 7.85. The van der Waals surface area contributed by atoms with Gasteiger partial charge in [0.2, 0.25) is 0 Å². The lowest BCUT2D eigenvalue weighted by molar-refractivity contribution is 1.13. The molecule has 1 aromatic heterocycles. The fraction of sp³-hybridized carbons (Fsp3) is 0.167. The average molecular weight is 214 g/mol. The number of aromatic nitrogens is 2. The molecule has 4 nitrogen and oxygen atoms in total. The lowest BCUT2D eigenvalue weighted by Crippen LogP contribution is -2.10. The Morgan fingerprint density at radius 2 is 1.81 bits per heavy atom. The Labute approximate surface area is 94.5 Å². The van der Waals surface area contributed by atoms with E-state index in [4.69, 9.17) is 5.84 Å². The Balaban J connectivity index is 2.42. The van der Waals surface area contributed by atoms with E-state index in [1.54, 1.807) is 12.4 Å². The quantitative estimate of drug-likeness (QED) is 0.606. The number of nitrogens with one attached hydrogen (secondary N) is 1. The Kier molecular flexibility index (Phi) is 3.12. The fourth-order valence-corrected chi connectivity index (χ4v) is 1.55. The molecule has 1 aromatic carbocycles. The lowest BCUT2D eigenvalue weighted by atomic mass is 10.1. The molecule has 3 N–H and O–H groups in total. The van der Waals surface area contributed by atoms with Crippen molar-refractivity contribution in [3.8, 4) is 11.3 Å². The molecule has 0 unspecified atom stereocenters. The van der Waals surface area contributed by atoms with E-state index in [0.29, 0.717) is 5.82 Å². The van der Waals surface area contributed by atoms with Crippen molar-refractivity contribution in [3.05, 3.63) is 42.2 Å². The molecule has 0 aliphatic heterocycles. The number of aryl methyl sites for hydroxylation is 1. The summed E-state index contributed by atoms with van der Waals surface area (Å²) in [6, 6.07) is 8.24. The Morgan fingerprint density at radius 1 is 1.12 bits per heavy atom. The molecule has 0 amide bonds. The van der Waals surface area contributed by atoms with Gasteiger partial charge in [0.15, 0.2) is 5.82 Å². The molecule has 0 fully saturated rings. The molecule has 1 heterocycles. The molecule has 0 aliphatic rings. The summed E-state index contributed by atoms with van der Waals surface area (Å²) in [5, 5.41) is 0. The SMILES string of the molecule is CCc1ccc(-c2nccnc2NN)cc1. The van der Waals surface area contributed by atoms with Crippen molar-refractivity contribution in [2.75, 3.05) is 5.43 Å². The summed E-state index contributed by atoms with van der Waals surface area (Å²) in [4.78, 5) is 8.39. The minimum atomic E-state index is 0.590. The molecule has 0 atom stereocenters. The largest absolute Gasteiger partial charge is 0.307 e. The van der Waals surface area contributed by atoms with Crippen molar-refractivity contribution in [3.63, 3.8) is 0 Å². The predicted molar refractivity (Wildman–Crippen MR) is 64.7 cm³/mol. The summed E-state index contributed by atoms with van der Waals surface area (Å²) in [5.74, 6) is 5.98. The van der Waals surface area contributed by atoms with E-state index in [1.807, 2.05) is 12.1 Å². The molecule has 82 valence electrons. The van der Waals surface area contributed by atoms with Crippen LogP contribution in [0.5, 0.6) is 0 Å². The number of nitrogens with two attached hydrogens (primary N) is 1. The van der Waals surface area contributed by atoms with Crippen LogP contribution in [0.25, 0.3) is 11.3 Å². The van der Waals surface area contributed by atoms with Crippen molar-refractivity contribution >= 4 is 5.82 Å². The summed E-state index contributed by atoms with van der Waals surface area (Å²) < 4.78 is 0. The maximum atomic E-state index is 5.39. The van der Waals surface area contributed by atoms with Gasteiger partial charge < -0.3 is 5.43 Å². The van der Waals surface area contributed by atoms with Crippen molar-refractivity contribution < 1.29 is 0 Å². The van der Waals surface area contributed by atoms with Crippen LogP contribution in [0.15, 0.2) is 36.7 Å². The molecule has 0 saturated carbocycles. The van der Waals surface area contributed by atoms with E-state index in [9.17, 15) is 0 Å². The molecule has 0 aliphatic carbocycles. The van der Waals surface area contributed by atoms with Gasteiger partial charge in [-0.3, -0.25) is 4.98 Å². The monoisotopic (exact) mass is 214 g/mol. The normalized spacial score (nSPS) is 10.1. The highest BCUT2D eigenvalue weighted by Crippen LogP contribution is 2.22. The van der Waals surface area contributed by atoms with Gasteiger partial charge in [0, 0.05) is 18.0 Å². The van der Waals surface area contributed by atoms with Crippen molar-refractivity contribution in [1.82, 2.24) is 9.97 Å². The zero-order valence-corrected chi connectivity index (χ0v) is 9.14. The molecule has 0 bridgehead atoms. The standard InChI is InChI=1S/C12H14N4/c1-2-9-3-5-10(6-4-9)11-12(16-13)15-8-7-14-11/h3-8H,2,13H2,1H3,(H,15,16). The first-order valence-corrected chi connectivity index (χ1v) is 5.22. The molecule has 16 heavy (non-hydrogen) atoms. The minimum absolute atomic E-state index is 0.590. The van der Waals surface area contributed by atoms with E-state index in [2.05, 4.69) is 34.5 Å². The Hall–Kier alpha value is -1.94. The van der Waals surface area contributed by atoms with Gasteiger partial charge in [-0.2, -0.15) is 0 Å². The molecule has 0 saturated heterocycles. The Morgan fingerprint density at radius 3 is 2.44 bits per heavy atom. The van der Waals surface area contributed by atoms with Crippen LogP contribution in [-0.4, -0.2) is 9.97 Å². The third-order valence-corrected chi connectivity index (χ3v) is 2.47. The van der Waals surface area contributed by atoms with Crippen LogP contribution in [0.3, 0.4) is 0 Å². The second kappa shape index (κ2) is 4.72. The van der Waals surface area contributed by atoms with Crippen LogP contribution >= 0.6 is 0 Å². The maximum Gasteiger partial charge on any atom is 0.166 e. The third-order valence-electron chi connectivity index (χ3n) is 2.47. The van der Waals surface area contributed by atoms with E-state index in [1.165, 1.54) is 5.56 Å². The van der Waals surface area contributed by atoms with Crippen LogP contribution in [-0.2, 0) is 6.42 Å². The highest BCUT2D eigenvalue weighted by molar-refractivity contribution is 5.70. The molecule has 0 radical (unpaired) electrons. The number of rotatable bonds is 3. The van der Waals surface area contributed by atoms with Crippen LogP contribution in [0.4, 0.5) is 5.82 Å². The molecular weight excluding hydrogens is 200 g/mol. The van der Waals surface area contributed by atoms with Crippen molar-refractivity contribution in [1.29, 1.82) is 0 Å². The summed E-state index contributed by atoms with van der Waals surface area (Å²) >= 11 is 0. The Bertz CT molecular complexity index is 465. The fourth-order valence-electron chi connectivity index (χ4n) is 1.55. The number of benzene rings is 1. The molecule has 4 heteroatoms. The number of hydrogen-bond donors (Lipinski definition) is 2. The smallest absolute Gasteiger partial charge is 0.166 e. The second-order valence-electron chi connectivity index (χ2n) is 3.45. The van der Waals surface area contributed by atoms with E-state index in [0.717, 1.165) is 17.7 Å². The number of nitrogens with zero attached hydrogens (tertiary/aromatic N) is 2. The van der Waals surface area contributed by atoms with Crippen LogP contribution < -0.4 is 11.3 Å². The van der Waals surface area contributed by atoms with E-state index < -0.39 is 0 Å².